The summed E-state index contributed by atoms with van der Waals surface area (Å²) in [6.07, 6.45) is 0. The maximum atomic E-state index is 10.9. The number of carboxylic acids is 1. The van der Waals surface area contributed by atoms with Crippen LogP contribution in [0.25, 0.3) is 0 Å². The molecule has 1 aromatic heterocycles. The fraction of sp³-hybridized carbons (Fsp3) is 0.105. The summed E-state index contributed by atoms with van der Waals surface area (Å²) in [6, 6.07) is 15.8. The van der Waals surface area contributed by atoms with E-state index in [-0.39, 0.29) is 5.56 Å². The van der Waals surface area contributed by atoms with Crippen molar-refractivity contribution in [3.63, 3.8) is 0 Å². The van der Waals surface area contributed by atoms with Crippen molar-refractivity contribution in [2.45, 2.75) is 13.5 Å². The van der Waals surface area contributed by atoms with Crippen molar-refractivity contribution >= 4 is 35.0 Å². The van der Waals surface area contributed by atoms with Crippen LogP contribution >= 0.6 is 11.6 Å². The average molecular weight is 369 g/mol. The lowest BCUT2D eigenvalue weighted by molar-refractivity contribution is 0.0697. The van der Waals surface area contributed by atoms with Gasteiger partial charge in [-0.2, -0.15) is 4.98 Å². The monoisotopic (exact) mass is 368 g/mol. The van der Waals surface area contributed by atoms with Crippen LogP contribution < -0.4 is 10.6 Å². The van der Waals surface area contributed by atoms with Crippen molar-refractivity contribution in [3.8, 4) is 0 Å². The van der Waals surface area contributed by atoms with Crippen LogP contribution in [0.2, 0.25) is 5.02 Å². The first-order valence-electron chi connectivity index (χ1n) is 7.94. The van der Waals surface area contributed by atoms with E-state index in [0.717, 1.165) is 16.9 Å². The number of carbonyl (C=O) groups is 1. The lowest BCUT2D eigenvalue weighted by atomic mass is 10.2. The zero-order valence-electron chi connectivity index (χ0n) is 14.0. The van der Waals surface area contributed by atoms with Crippen molar-refractivity contribution in [1.29, 1.82) is 0 Å². The van der Waals surface area contributed by atoms with Crippen LogP contribution in [0.1, 0.15) is 21.6 Å². The molecule has 3 aromatic rings. The van der Waals surface area contributed by atoms with Gasteiger partial charge in [-0.25, -0.2) is 9.78 Å². The number of anilines is 3. The molecule has 6 nitrogen and oxygen atoms in total. The van der Waals surface area contributed by atoms with Crippen molar-refractivity contribution < 1.29 is 9.90 Å². The van der Waals surface area contributed by atoms with E-state index >= 15 is 0 Å². The van der Waals surface area contributed by atoms with Gasteiger partial charge in [-0.05, 0) is 48.9 Å². The molecule has 0 aliphatic heterocycles. The van der Waals surface area contributed by atoms with Gasteiger partial charge < -0.3 is 15.7 Å². The summed E-state index contributed by atoms with van der Waals surface area (Å²) in [6.45, 7) is 2.46. The van der Waals surface area contributed by atoms with Gasteiger partial charge in [0, 0.05) is 29.0 Å². The second-order valence-corrected chi connectivity index (χ2v) is 6.14. The quantitative estimate of drug-likeness (QED) is 0.594. The first kappa shape index (κ1) is 17.7. The molecule has 2 aromatic carbocycles. The maximum absolute atomic E-state index is 10.9. The number of nitrogens with one attached hydrogen (secondary N) is 2. The summed E-state index contributed by atoms with van der Waals surface area (Å²) < 4.78 is 0. The lowest BCUT2D eigenvalue weighted by Gasteiger charge is -2.10. The van der Waals surface area contributed by atoms with Gasteiger partial charge in [0.2, 0.25) is 5.95 Å². The Morgan fingerprint density at radius 1 is 1.08 bits per heavy atom. The normalized spacial score (nSPS) is 10.4. The fourth-order valence-electron chi connectivity index (χ4n) is 2.34. The molecule has 3 N–H and O–H groups in total. The molecule has 0 fully saturated rings. The predicted octanol–water partition coefficient (Wildman–Crippen LogP) is 4.49. The van der Waals surface area contributed by atoms with Crippen LogP contribution in [0.3, 0.4) is 0 Å². The number of aryl methyl sites for hydroxylation is 1. The number of benzene rings is 2. The third-order valence-corrected chi connectivity index (χ3v) is 3.87. The zero-order chi connectivity index (χ0) is 18.5. The van der Waals surface area contributed by atoms with E-state index < -0.39 is 5.97 Å². The smallest absolute Gasteiger partial charge is 0.335 e. The minimum Gasteiger partial charge on any atom is -0.478 e. The van der Waals surface area contributed by atoms with Gasteiger partial charge in [-0.15, -0.1) is 0 Å². The summed E-state index contributed by atoms with van der Waals surface area (Å²) in [5, 5.41) is 16.0. The summed E-state index contributed by atoms with van der Waals surface area (Å²) >= 11 is 5.89. The van der Waals surface area contributed by atoms with Gasteiger partial charge in [0.1, 0.15) is 5.82 Å². The van der Waals surface area contributed by atoms with Gasteiger partial charge in [-0.1, -0.05) is 23.7 Å². The van der Waals surface area contributed by atoms with Gasteiger partial charge in [0.15, 0.2) is 0 Å². The van der Waals surface area contributed by atoms with Crippen molar-refractivity contribution in [2.75, 3.05) is 10.6 Å². The van der Waals surface area contributed by atoms with Crippen LogP contribution in [0.5, 0.6) is 0 Å². The molecular formula is C19H17ClN4O2. The van der Waals surface area contributed by atoms with Gasteiger partial charge in [0.05, 0.1) is 5.56 Å². The summed E-state index contributed by atoms with van der Waals surface area (Å²) in [4.78, 5) is 19.7. The first-order valence-corrected chi connectivity index (χ1v) is 8.32. The number of nitrogens with zero attached hydrogens (tertiary/aromatic N) is 2. The average Bonchev–Trinajstić information content (AvgIpc) is 2.61. The van der Waals surface area contributed by atoms with E-state index in [9.17, 15) is 4.79 Å². The number of hydrogen-bond acceptors (Lipinski definition) is 5. The highest BCUT2D eigenvalue weighted by Gasteiger charge is 2.05. The molecule has 1 heterocycles. The van der Waals surface area contributed by atoms with E-state index in [0.29, 0.717) is 23.3 Å². The fourth-order valence-corrected chi connectivity index (χ4v) is 2.47. The largest absolute Gasteiger partial charge is 0.478 e. The molecule has 132 valence electrons. The second-order valence-electron chi connectivity index (χ2n) is 5.71. The number of halogens is 1. The van der Waals surface area contributed by atoms with Crippen molar-refractivity contribution in [2.24, 2.45) is 0 Å². The molecule has 0 unspecified atom stereocenters. The minimum absolute atomic E-state index is 0.236. The molecule has 0 radical (unpaired) electrons. The molecule has 7 heteroatoms. The Labute approximate surface area is 155 Å². The van der Waals surface area contributed by atoms with Crippen LogP contribution in [0.15, 0.2) is 54.6 Å². The molecule has 0 saturated carbocycles. The molecule has 0 aliphatic carbocycles. The Kier molecular flexibility index (Phi) is 5.34. The number of hydrogen-bond donors (Lipinski definition) is 3. The molecule has 0 saturated heterocycles. The topological polar surface area (TPSA) is 87.1 Å². The zero-order valence-corrected chi connectivity index (χ0v) is 14.8. The molecule has 0 amide bonds. The molecule has 0 atom stereocenters. The highest BCUT2D eigenvalue weighted by molar-refractivity contribution is 6.30. The van der Waals surface area contributed by atoms with Crippen LogP contribution in [-0.2, 0) is 6.54 Å². The Morgan fingerprint density at radius 3 is 2.42 bits per heavy atom. The number of aromatic nitrogens is 2. The number of carboxylic acid groups (broad SMARTS) is 1. The van der Waals surface area contributed by atoms with E-state index in [1.807, 2.05) is 37.3 Å². The van der Waals surface area contributed by atoms with Gasteiger partial charge in [-0.3, -0.25) is 0 Å². The number of aromatic carboxylic acids is 1. The van der Waals surface area contributed by atoms with Crippen LogP contribution in [-0.4, -0.2) is 21.0 Å². The van der Waals surface area contributed by atoms with Crippen molar-refractivity contribution in [3.05, 3.63) is 76.4 Å². The Hall–Kier alpha value is -3.12. The third-order valence-electron chi connectivity index (χ3n) is 3.62. The van der Waals surface area contributed by atoms with E-state index in [1.54, 1.807) is 24.3 Å². The van der Waals surface area contributed by atoms with Crippen molar-refractivity contribution in [1.82, 2.24) is 9.97 Å². The van der Waals surface area contributed by atoms with E-state index in [1.165, 1.54) is 0 Å². The third kappa shape index (κ3) is 4.70. The standard InChI is InChI=1S/C19H17ClN4O2/c1-12-10-17(23-16-8-4-14(5-9-16)18(25)26)24-19(22-12)21-11-13-2-6-15(20)7-3-13/h2-10H,11H2,1H3,(H,25,26)(H2,21,22,23,24). The molecule has 0 bridgehead atoms. The van der Waals surface area contributed by atoms with Gasteiger partial charge >= 0.3 is 5.97 Å². The first-order chi connectivity index (χ1) is 12.5. The SMILES string of the molecule is Cc1cc(Nc2ccc(C(=O)O)cc2)nc(NCc2ccc(Cl)cc2)n1. The summed E-state index contributed by atoms with van der Waals surface area (Å²) in [7, 11) is 0. The molecule has 0 aliphatic rings. The molecular weight excluding hydrogens is 352 g/mol. The summed E-state index contributed by atoms with van der Waals surface area (Å²) in [5.41, 5.74) is 2.86. The lowest BCUT2D eigenvalue weighted by Crippen LogP contribution is -2.06. The predicted molar refractivity (Wildman–Crippen MR) is 102 cm³/mol. The number of rotatable bonds is 6. The maximum Gasteiger partial charge on any atom is 0.335 e. The molecule has 0 spiro atoms. The Bertz CT molecular complexity index is 912. The molecule has 26 heavy (non-hydrogen) atoms. The summed E-state index contributed by atoms with van der Waals surface area (Å²) in [5.74, 6) is 0.173. The minimum atomic E-state index is -0.955. The van der Waals surface area contributed by atoms with E-state index in [2.05, 4.69) is 20.6 Å². The van der Waals surface area contributed by atoms with E-state index in [4.69, 9.17) is 16.7 Å². The highest BCUT2D eigenvalue weighted by Crippen LogP contribution is 2.18. The Morgan fingerprint density at radius 2 is 1.77 bits per heavy atom. The highest BCUT2D eigenvalue weighted by atomic mass is 35.5. The van der Waals surface area contributed by atoms with Gasteiger partial charge in [0.25, 0.3) is 0 Å². The second kappa shape index (κ2) is 7.84. The van der Waals surface area contributed by atoms with Crippen LogP contribution in [0, 0.1) is 6.92 Å². The van der Waals surface area contributed by atoms with Crippen LogP contribution in [0.4, 0.5) is 17.5 Å². The molecule has 3 rings (SSSR count). The Balaban J connectivity index is 1.70.